The van der Waals surface area contributed by atoms with Crippen LogP contribution in [-0.2, 0) is 24.9 Å². The van der Waals surface area contributed by atoms with Gasteiger partial charge in [0, 0.05) is 47.8 Å². The standard InChI is InChI=1S/C22H19ClN4O3/c1-13-8-16(19-6-7-25-27(19)2)15-4-3-5-20(22(15)26-13)30-12-17-14(9-21(28)29)10-24-11-18(17)23/h3-8,10-11H,9,12H2,1-2H3,(H,28,29). The minimum absolute atomic E-state index is 0.111. The van der Waals surface area contributed by atoms with Crippen molar-refractivity contribution in [2.24, 2.45) is 7.05 Å². The van der Waals surface area contributed by atoms with Gasteiger partial charge < -0.3 is 9.84 Å². The third-order valence-electron chi connectivity index (χ3n) is 4.84. The van der Waals surface area contributed by atoms with Crippen LogP contribution in [0.15, 0.2) is 48.9 Å². The molecule has 0 bridgehead atoms. The molecule has 152 valence electrons. The molecule has 1 N–H and O–H groups in total. The Balaban J connectivity index is 1.75. The van der Waals surface area contributed by atoms with E-state index >= 15 is 0 Å². The van der Waals surface area contributed by atoms with Crippen molar-refractivity contribution in [3.8, 4) is 17.0 Å². The lowest BCUT2D eigenvalue weighted by Gasteiger charge is -2.14. The second-order valence-corrected chi connectivity index (χ2v) is 7.33. The number of nitrogens with zero attached hydrogens (tertiary/aromatic N) is 4. The van der Waals surface area contributed by atoms with E-state index in [1.165, 1.54) is 12.4 Å². The van der Waals surface area contributed by atoms with Crippen LogP contribution in [0.5, 0.6) is 5.75 Å². The predicted octanol–water partition coefficient (Wildman–Crippen LogP) is 4.20. The molecule has 0 radical (unpaired) electrons. The highest BCUT2D eigenvalue weighted by atomic mass is 35.5. The normalized spacial score (nSPS) is 11.0. The summed E-state index contributed by atoms with van der Waals surface area (Å²) in [4.78, 5) is 19.8. The number of aliphatic carboxylic acids is 1. The molecule has 30 heavy (non-hydrogen) atoms. The zero-order chi connectivity index (χ0) is 21.3. The van der Waals surface area contributed by atoms with Crippen LogP contribution in [0.4, 0.5) is 0 Å². The summed E-state index contributed by atoms with van der Waals surface area (Å²) >= 11 is 6.27. The average Bonchev–Trinajstić information content (AvgIpc) is 3.12. The van der Waals surface area contributed by atoms with E-state index in [9.17, 15) is 4.79 Å². The highest BCUT2D eigenvalue weighted by Gasteiger charge is 2.15. The predicted molar refractivity (Wildman–Crippen MR) is 114 cm³/mol. The molecule has 0 aliphatic rings. The molecule has 0 aliphatic carbocycles. The molecule has 8 heteroatoms. The summed E-state index contributed by atoms with van der Waals surface area (Å²) in [5.41, 5.74) is 4.68. The zero-order valence-electron chi connectivity index (χ0n) is 16.5. The Bertz CT molecular complexity index is 1250. The number of rotatable bonds is 6. The van der Waals surface area contributed by atoms with Crippen LogP contribution in [0.1, 0.15) is 16.8 Å². The summed E-state index contributed by atoms with van der Waals surface area (Å²) in [6.45, 7) is 2.04. The number of aryl methyl sites for hydroxylation is 2. The second-order valence-electron chi connectivity index (χ2n) is 6.92. The van der Waals surface area contributed by atoms with E-state index in [0.717, 1.165) is 27.9 Å². The van der Waals surface area contributed by atoms with Crippen molar-refractivity contribution < 1.29 is 14.6 Å². The van der Waals surface area contributed by atoms with Gasteiger partial charge in [-0.15, -0.1) is 0 Å². The van der Waals surface area contributed by atoms with Crippen LogP contribution in [0.25, 0.3) is 22.2 Å². The summed E-state index contributed by atoms with van der Waals surface area (Å²) in [7, 11) is 1.90. The maximum Gasteiger partial charge on any atom is 0.307 e. The molecule has 0 saturated heterocycles. The summed E-state index contributed by atoms with van der Waals surface area (Å²) in [5.74, 6) is -0.364. The van der Waals surface area contributed by atoms with Gasteiger partial charge in [0.2, 0.25) is 0 Å². The first kappa shape index (κ1) is 19.8. The van der Waals surface area contributed by atoms with Crippen LogP contribution in [0, 0.1) is 6.92 Å². The summed E-state index contributed by atoms with van der Waals surface area (Å²) in [6, 6.07) is 9.71. The largest absolute Gasteiger partial charge is 0.487 e. The fourth-order valence-electron chi connectivity index (χ4n) is 3.45. The maximum atomic E-state index is 11.2. The van der Waals surface area contributed by atoms with E-state index in [0.29, 0.717) is 21.9 Å². The number of aromatic nitrogens is 4. The molecule has 0 unspecified atom stereocenters. The van der Waals surface area contributed by atoms with E-state index in [1.807, 2.05) is 49.0 Å². The fraction of sp³-hybridized carbons (Fsp3) is 0.182. The highest BCUT2D eigenvalue weighted by Crippen LogP contribution is 2.33. The van der Waals surface area contributed by atoms with Gasteiger partial charge in [0.1, 0.15) is 17.9 Å². The van der Waals surface area contributed by atoms with Crippen molar-refractivity contribution in [1.29, 1.82) is 0 Å². The molecule has 0 spiro atoms. The lowest BCUT2D eigenvalue weighted by molar-refractivity contribution is -0.136. The SMILES string of the molecule is Cc1cc(-c2ccnn2C)c2cccc(OCc3c(Cl)cncc3CC(=O)O)c2n1. The van der Waals surface area contributed by atoms with Crippen molar-refractivity contribution in [2.45, 2.75) is 20.0 Å². The maximum absolute atomic E-state index is 11.2. The Morgan fingerprint density at radius 2 is 2.10 bits per heavy atom. The highest BCUT2D eigenvalue weighted by molar-refractivity contribution is 6.31. The Morgan fingerprint density at radius 1 is 1.27 bits per heavy atom. The van der Waals surface area contributed by atoms with Gasteiger partial charge in [-0.2, -0.15) is 5.10 Å². The van der Waals surface area contributed by atoms with Crippen LogP contribution >= 0.6 is 11.6 Å². The molecule has 4 rings (SSSR count). The number of hydrogen-bond donors (Lipinski definition) is 1. The number of fused-ring (bicyclic) bond motifs is 1. The summed E-state index contributed by atoms with van der Waals surface area (Å²) < 4.78 is 7.89. The van der Waals surface area contributed by atoms with Crippen molar-refractivity contribution in [3.05, 3.63) is 70.8 Å². The van der Waals surface area contributed by atoms with Gasteiger partial charge in [-0.1, -0.05) is 23.7 Å². The number of para-hydroxylation sites is 1. The lowest BCUT2D eigenvalue weighted by Crippen LogP contribution is -2.08. The first-order chi connectivity index (χ1) is 14.4. The van der Waals surface area contributed by atoms with Crippen LogP contribution in [0.3, 0.4) is 0 Å². The quantitative estimate of drug-likeness (QED) is 0.501. The van der Waals surface area contributed by atoms with Gasteiger partial charge in [-0.05, 0) is 30.7 Å². The van der Waals surface area contributed by atoms with Crippen molar-refractivity contribution in [1.82, 2.24) is 19.7 Å². The molecule has 0 aliphatic heterocycles. The van der Waals surface area contributed by atoms with Gasteiger partial charge >= 0.3 is 5.97 Å². The third kappa shape index (κ3) is 3.84. The van der Waals surface area contributed by atoms with Crippen molar-refractivity contribution in [2.75, 3.05) is 0 Å². The molecular weight excluding hydrogens is 404 g/mol. The monoisotopic (exact) mass is 422 g/mol. The van der Waals surface area contributed by atoms with Crippen LogP contribution in [-0.4, -0.2) is 30.8 Å². The molecule has 0 atom stereocenters. The van der Waals surface area contributed by atoms with E-state index < -0.39 is 5.97 Å². The zero-order valence-corrected chi connectivity index (χ0v) is 17.2. The Labute approximate surface area is 177 Å². The molecule has 1 aromatic carbocycles. The van der Waals surface area contributed by atoms with E-state index in [4.69, 9.17) is 21.4 Å². The number of benzene rings is 1. The van der Waals surface area contributed by atoms with Gasteiger partial charge in [0.25, 0.3) is 0 Å². The molecule has 4 aromatic rings. The topological polar surface area (TPSA) is 90.1 Å². The fourth-order valence-corrected chi connectivity index (χ4v) is 3.68. The third-order valence-corrected chi connectivity index (χ3v) is 5.16. The van der Waals surface area contributed by atoms with Gasteiger partial charge in [-0.3, -0.25) is 14.5 Å². The first-order valence-corrected chi connectivity index (χ1v) is 9.66. The summed E-state index contributed by atoms with van der Waals surface area (Å²) in [6.07, 6.45) is 4.57. The lowest BCUT2D eigenvalue weighted by atomic mass is 10.0. The minimum Gasteiger partial charge on any atom is -0.487 e. The Morgan fingerprint density at radius 3 is 2.83 bits per heavy atom. The molecular formula is C22H19ClN4O3. The molecule has 0 fully saturated rings. The Hall–Kier alpha value is -3.45. The number of carbonyl (C=O) groups is 1. The average molecular weight is 423 g/mol. The van der Waals surface area contributed by atoms with Crippen LogP contribution < -0.4 is 4.74 Å². The number of carboxylic acids is 1. The van der Waals surface area contributed by atoms with E-state index in [1.54, 1.807) is 6.20 Å². The van der Waals surface area contributed by atoms with Gasteiger partial charge in [0.05, 0.1) is 17.1 Å². The molecule has 3 heterocycles. The molecule has 7 nitrogen and oxygen atoms in total. The number of hydrogen-bond acceptors (Lipinski definition) is 5. The summed E-state index contributed by atoms with van der Waals surface area (Å²) in [5, 5.41) is 14.7. The van der Waals surface area contributed by atoms with Gasteiger partial charge in [0.15, 0.2) is 0 Å². The number of ether oxygens (including phenoxy) is 1. The second kappa shape index (κ2) is 8.12. The first-order valence-electron chi connectivity index (χ1n) is 9.28. The van der Waals surface area contributed by atoms with Crippen molar-refractivity contribution in [3.63, 3.8) is 0 Å². The minimum atomic E-state index is -0.955. The number of carboxylic acid groups (broad SMARTS) is 1. The van der Waals surface area contributed by atoms with Crippen molar-refractivity contribution >= 4 is 28.5 Å². The van der Waals surface area contributed by atoms with E-state index in [-0.39, 0.29) is 13.0 Å². The molecule has 0 amide bonds. The van der Waals surface area contributed by atoms with Gasteiger partial charge in [-0.25, -0.2) is 4.98 Å². The molecule has 3 aromatic heterocycles. The van der Waals surface area contributed by atoms with E-state index in [2.05, 4.69) is 15.1 Å². The number of pyridine rings is 2. The smallest absolute Gasteiger partial charge is 0.307 e. The Kier molecular flexibility index (Phi) is 5.37. The molecule has 0 saturated carbocycles. The van der Waals surface area contributed by atoms with Crippen LogP contribution in [0.2, 0.25) is 5.02 Å². The number of halogens is 1.